The van der Waals surface area contributed by atoms with Crippen LogP contribution in [0.1, 0.15) is 11.5 Å². The van der Waals surface area contributed by atoms with Crippen LogP contribution in [0.3, 0.4) is 0 Å². The molecule has 24 heavy (non-hydrogen) atoms. The maximum Gasteiger partial charge on any atom is 0.319 e. The Hall–Kier alpha value is -2.67. The summed E-state index contributed by atoms with van der Waals surface area (Å²) in [5.74, 6) is 1.48. The van der Waals surface area contributed by atoms with Gasteiger partial charge in [-0.2, -0.15) is 0 Å². The van der Waals surface area contributed by atoms with Crippen LogP contribution in [0.15, 0.2) is 36.4 Å². The van der Waals surface area contributed by atoms with Gasteiger partial charge in [-0.25, -0.2) is 14.8 Å². The highest BCUT2D eigenvalue weighted by molar-refractivity contribution is 5.89. The molecule has 1 aliphatic rings. The van der Waals surface area contributed by atoms with Crippen molar-refractivity contribution >= 4 is 17.5 Å². The first-order chi connectivity index (χ1) is 11.7. The van der Waals surface area contributed by atoms with E-state index in [1.54, 1.807) is 0 Å². The van der Waals surface area contributed by atoms with Gasteiger partial charge in [-0.3, -0.25) is 0 Å². The summed E-state index contributed by atoms with van der Waals surface area (Å²) in [6.45, 7) is 5.25. The molecule has 2 amide bonds. The maximum atomic E-state index is 12.0. The molecular weight excluding hydrogens is 306 g/mol. The minimum absolute atomic E-state index is 0.275. The van der Waals surface area contributed by atoms with Crippen molar-refractivity contribution < 1.29 is 9.53 Å². The van der Waals surface area contributed by atoms with Gasteiger partial charge in [0.2, 0.25) is 0 Å². The van der Waals surface area contributed by atoms with Crippen molar-refractivity contribution in [3.05, 3.63) is 47.9 Å². The third-order valence-corrected chi connectivity index (χ3v) is 3.66. The molecule has 0 unspecified atom stereocenters. The van der Waals surface area contributed by atoms with Crippen LogP contribution in [0.4, 0.5) is 16.3 Å². The summed E-state index contributed by atoms with van der Waals surface area (Å²) < 4.78 is 5.37. The monoisotopic (exact) mass is 327 g/mol. The van der Waals surface area contributed by atoms with Crippen LogP contribution in [-0.2, 0) is 11.3 Å². The molecular formula is C17H21N5O2. The summed E-state index contributed by atoms with van der Waals surface area (Å²) in [7, 11) is 0. The zero-order chi connectivity index (χ0) is 16.8. The van der Waals surface area contributed by atoms with Gasteiger partial charge >= 0.3 is 6.03 Å². The highest BCUT2D eigenvalue weighted by Gasteiger charge is 2.14. The average Bonchev–Trinajstić information content (AvgIpc) is 2.61. The number of hydrogen-bond donors (Lipinski definition) is 2. The van der Waals surface area contributed by atoms with E-state index >= 15 is 0 Å². The van der Waals surface area contributed by atoms with Gasteiger partial charge in [-0.05, 0) is 19.1 Å². The van der Waals surface area contributed by atoms with Gasteiger partial charge in [0.15, 0.2) is 0 Å². The van der Waals surface area contributed by atoms with Gasteiger partial charge in [0.25, 0.3) is 0 Å². The predicted molar refractivity (Wildman–Crippen MR) is 92.1 cm³/mol. The van der Waals surface area contributed by atoms with Gasteiger partial charge in [0, 0.05) is 30.5 Å². The van der Waals surface area contributed by atoms with Crippen LogP contribution >= 0.6 is 0 Å². The number of carbonyl (C=O) groups is 1. The normalized spacial score (nSPS) is 14.3. The number of morpholine rings is 1. The van der Waals surface area contributed by atoms with Crippen LogP contribution in [0.25, 0.3) is 0 Å². The molecule has 1 aromatic heterocycles. The van der Waals surface area contributed by atoms with E-state index in [0.717, 1.165) is 30.3 Å². The number of aryl methyl sites for hydroxylation is 1. The minimum atomic E-state index is -0.278. The number of aromatic nitrogens is 2. The van der Waals surface area contributed by atoms with Crippen molar-refractivity contribution in [3.63, 3.8) is 0 Å². The van der Waals surface area contributed by atoms with Gasteiger partial charge in [-0.15, -0.1) is 0 Å². The van der Waals surface area contributed by atoms with Crippen LogP contribution in [0, 0.1) is 6.92 Å². The standard InChI is InChI=1S/C17H21N5O2/c1-13-11-16(22-7-9-24-10-8-22)21-15(19-13)12-18-17(23)20-14-5-3-2-4-6-14/h2-6,11H,7-10,12H2,1H3,(H2,18,20,23). The van der Waals surface area contributed by atoms with E-state index < -0.39 is 0 Å². The van der Waals surface area contributed by atoms with Crippen molar-refractivity contribution in [1.82, 2.24) is 15.3 Å². The third kappa shape index (κ3) is 4.42. The Labute approximate surface area is 141 Å². The van der Waals surface area contributed by atoms with Gasteiger partial charge < -0.3 is 20.3 Å². The molecule has 1 fully saturated rings. The molecule has 0 spiro atoms. The molecule has 1 aromatic carbocycles. The summed E-state index contributed by atoms with van der Waals surface area (Å²) in [5, 5.41) is 5.56. The number of hydrogen-bond acceptors (Lipinski definition) is 5. The first-order valence-electron chi connectivity index (χ1n) is 7.98. The molecule has 1 saturated heterocycles. The summed E-state index contributed by atoms with van der Waals surface area (Å²) in [5.41, 5.74) is 1.63. The second kappa shape index (κ2) is 7.74. The summed E-state index contributed by atoms with van der Waals surface area (Å²) in [6.07, 6.45) is 0. The second-order valence-corrected chi connectivity index (χ2v) is 5.56. The smallest absolute Gasteiger partial charge is 0.319 e. The Bertz CT molecular complexity index is 687. The second-order valence-electron chi connectivity index (χ2n) is 5.56. The summed E-state index contributed by atoms with van der Waals surface area (Å²) >= 11 is 0. The Morgan fingerprint density at radius 2 is 1.96 bits per heavy atom. The lowest BCUT2D eigenvalue weighted by atomic mass is 10.3. The lowest BCUT2D eigenvalue weighted by Gasteiger charge is -2.28. The Morgan fingerprint density at radius 1 is 1.21 bits per heavy atom. The summed E-state index contributed by atoms with van der Waals surface area (Å²) in [6, 6.07) is 11.0. The number of ether oxygens (including phenoxy) is 1. The lowest BCUT2D eigenvalue weighted by molar-refractivity contribution is 0.122. The van der Waals surface area contributed by atoms with Crippen LogP contribution < -0.4 is 15.5 Å². The van der Waals surface area contributed by atoms with Gasteiger partial charge in [0.1, 0.15) is 11.6 Å². The number of rotatable bonds is 4. The molecule has 7 heteroatoms. The van der Waals surface area contributed by atoms with Crippen molar-refractivity contribution in [1.29, 1.82) is 0 Å². The first kappa shape index (κ1) is 16.2. The first-order valence-corrected chi connectivity index (χ1v) is 7.98. The van der Waals surface area contributed by atoms with Gasteiger partial charge in [0.05, 0.1) is 19.8 Å². The number of benzene rings is 1. The van der Waals surface area contributed by atoms with Crippen molar-refractivity contribution in [2.24, 2.45) is 0 Å². The lowest BCUT2D eigenvalue weighted by Crippen LogP contribution is -2.37. The van der Waals surface area contributed by atoms with Crippen molar-refractivity contribution in [2.45, 2.75) is 13.5 Å². The van der Waals surface area contributed by atoms with E-state index in [4.69, 9.17) is 4.74 Å². The zero-order valence-corrected chi connectivity index (χ0v) is 13.7. The van der Waals surface area contributed by atoms with Crippen LogP contribution in [0.5, 0.6) is 0 Å². The SMILES string of the molecule is Cc1cc(N2CCOCC2)nc(CNC(=O)Nc2ccccc2)n1. The predicted octanol–water partition coefficient (Wildman–Crippen LogP) is 1.94. The van der Waals surface area contributed by atoms with Crippen molar-refractivity contribution in [2.75, 3.05) is 36.5 Å². The molecule has 2 N–H and O–H groups in total. The van der Waals surface area contributed by atoms with E-state index in [0.29, 0.717) is 19.0 Å². The van der Waals surface area contributed by atoms with E-state index in [-0.39, 0.29) is 12.6 Å². The van der Waals surface area contributed by atoms with Crippen LogP contribution in [-0.4, -0.2) is 42.3 Å². The highest BCUT2D eigenvalue weighted by Crippen LogP contribution is 2.14. The molecule has 0 saturated carbocycles. The molecule has 7 nitrogen and oxygen atoms in total. The molecule has 1 aliphatic heterocycles. The number of urea groups is 1. The summed E-state index contributed by atoms with van der Waals surface area (Å²) in [4.78, 5) is 23.1. The van der Waals surface area contributed by atoms with Crippen LogP contribution in [0.2, 0.25) is 0 Å². The van der Waals surface area contributed by atoms with Gasteiger partial charge in [-0.1, -0.05) is 18.2 Å². The minimum Gasteiger partial charge on any atom is -0.378 e. The number of carbonyl (C=O) groups excluding carboxylic acids is 1. The molecule has 0 aliphatic carbocycles. The fourth-order valence-corrected chi connectivity index (χ4v) is 2.50. The third-order valence-electron chi connectivity index (χ3n) is 3.66. The largest absolute Gasteiger partial charge is 0.378 e. The quantitative estimate of drug-likeness (QED) is 0.897. The number of nitrogens with one attached hydrogen (secondary N) is 2. The van der Waals surface area contributed by atoms with E-state index in [1.165, 1.54) is 0 Å². The number of anilines is 2. The molecule has 3 rings (SSSR count). The number of amides is 2. The Kier molecular flexibility index (Phi) is 5.22. The molecule has 0 bridgehead atoms. The molecule has 2 heterocycles. The average molecular weight is 327 g/mol. The Balaban J connectivity index is 1.60. The maximum absolute atomic E-state index is 12.0. The Morgan fingerprint density at radius 3 is 2.71 bits per heavy atom. The molecule has 0 atom stereocenters. The van der Waals surface area contributed by atoms with Crippen molar-refractivity contribution in [3.8, 4) is 0 Å². The van der Waals surface area contributed by atoms with E-state index in [2.05, 4.69) is 25.5 Å². The topological polar surface area (TPSA) is 79.4 Å². The van der Waals surface area contributed by atoms with E-state index in [1.807, 2.05) is 43.3 Å². The fourth-order valence-electron chi connectivity index (χ4n) is 2.50. The molecule has 0 radical (unpaired) electrons. The molecule has 2 aromatic rings. The highest BCUT2D eigenvalue weighted by atomic mass is 16.5. The number of para-hydroxylation sites is 1. The number of nitrogens with zero attached hydrogens (tertiary/aromatic N) is 3. The zero-order valence-electron chi connectivity index (χ0n) is 13.7. The fraction of sp³-hybridized carbons (Fsp3) is 0.353. The van der Waals surface area contributed by atoms with E-state index in [9.17, 15) is 4.79 Å². The molecule has 126 valence electrons.